The first-order valence-electron chi connectivity index (χ1n) is 11.7. The third kappa shape index (κ3) is 9.17. The van der Waals surface area contributed by atoms with Crippen molar-refractivity contribution < 1.29 is 24.3 Å². The molecule has 1 heterocycles. The lowest BCUT2D eigenvalue weighted by Gasteiger charge is -2.16. The van der Waals surface area contributed by atoms with Crippen molar-refractivity contribution >= 4 is 41.0 Å². The lowest BCUT2D eigenvalue weighted by molar-refractivity contribution is -0.191. The van der Waals surface area contributed by atoms with Gasteiger partial charge in [0, 0.05) is 24.6 Å². The Balaban J connectivity index is 0.000000473. The van der Waals surface area contributed by atoms with Crippen molar-refractivity contribution in [3.63, 3.8) is 0 Å². The fraction of sp³-hybridized carbons (Fsp3) is 0.423. The molecule has 0 saturated heterocycles. The molecule has 1 amide bonds. The van der Waals surface area contributed by atoms with Gasteiger partial charge >= 0.3 is 12.1 Å². The molecule has 2 atom stereocenters. The number of fused-ring (bicyclic) bond motifs is 1. The van der Waals surface area contributed by atoms with Gasteiger partial charge in [0.15, 0.2) is 0 Å². The Labute approximate surface area is 210 Å². The fourth-order valence-corrected chi connectivity index (χ4v) is 4.00. The summed E-state index contributed by atoms with van der Waals surface area (Å²) in [6, 6.07) is 12.2. The van der Waals surface area contributed by atoms with E-state index in [9.17, 15) is 9.59 Å². The maximum absolute atomic E-state index is 12.0. The van der Waals surface area contributed by atoms with Crippen molar-refractivity contribution in [1.82, 2.24) is 5.32 Å². The first-order chi connectivity index (χ1) is 16.8. The molecular weight excluding hydrogens is 470 g/mol. The predicted octanol–water partition coefficient (Wildman–Crippen LogP) is 4.13. The molecule has 188 valence electrons. The molecule has 0 radical (unpaired) electrons. The molecule has 1 saturated carbocycles. The summed E-state index contributed by atoms with van der Waals surface area (Å²) in [7, 11) is 0. The van der Waals surface area contributed by atoms with Crippen molar-refractivity contribution in [2.24, 2.45) is 11.8 Å². The van der Waals surface area contributed by atoms with Crippen LogP contribution in [0.4, 0.5) is 11.4 Å². The minimum atomic E-state index is -0.745. The molecule has 0 spiro atoms. The summed E-state index contributed by atoms with van der Waals surface area (Å²) in [5.74, 6) is 0.108. The summed E-state index contributed by atoms with van der Waals surface area (Å²) in [6.45, 7) is 6.42. The van der Waals surface area contributed by atoms with E-state index in [2.05, 4.69) is 41.1 Å². The number of rotatable bonds is 6. The highest BCUT2D eigenvalue weighted by Crippen LogP contribution is 2.38. The molecule has 1 aliphatic carbocycles. The van der Waals surface area contributed by atoms with Crippen LogP contribution >= 0.6 is 11.6 Å². The zero-order chi connectivity index (χ0) is 25.8. The number of hydrogen-bond donors (Lipinski definition) is 4. The molecule has 1 fully saturated rings. The molecule has 9 heteroatoms. The second-order valence-corrected chi connectivity index (χ2v) is 8.91. The van der Waals surface area contributed by atoms with E-state index < -0.39 is 5.97 Å². The molecule has 1 aliphatic heterocycles. The second kappa shape index (κ2) is 14.3. The Kier molecular flexibility index (Phi) is 11.4. The van der Waals surface area contributed by atoms with E-state index in [1.165, 1.54) is 11.1 Å². The number of amides is 1. The van der Waals surface area contributed by atoms with Gasteiger partial charge in [-0.1, -0.05) is 43.6 Å². The van der Waals surface area contributed by atoms with Gasteiger partial charge in [0.1, 0.15) is 0 Å². The summed E-state index contributed by atoms with van der Waals surface area (Å²) in [5.41, 5.74) is 5.78. The molecule has 35 heavy (non-hydrogen) atoms. The number of hydrogen-bond acceptors (Lipinski definition) is 6. The maximum atomic E-state index is 12.0. The minimum absolute atomic E-state index is 0.140. The number of carbonyl (C=O) groups is 2. The molecular formula is C26H32ClN3O5. The lowest BCUT2D eigenvalue weighted by Crippen LogP contribution is -2.16. The van der Waals surface area contributed by atoms with Gasteiger partial charge in [-0.3, -0.25) is 9.59 Å². The van der Waals surface area contributed by atoms with Gasteiger partial charge in [-0.2, -0.15) is 9.59 Å². The van der Waals surface area contributed by atoms with Crippen molar-refractivity contribution in [1.29, 1.82) is 0 Å². The zero-order valence-corrected chi connectivity index (χ0v) is 20.8. The van der Waals surface area contributed by atoms with Crippen LogP contribution in [-0.2, 0) is 38.6 Å². The minimum Gasteiger partial charge on any atom is -0.481 e. The monoisotopic (exact) mass is 501 g/mol. The number of aliphatic carboxylic acids is 1. The van der Waals surface area contributed by atoms with Gasteiger partial charge < -0.3 is 21.1 Å². The molecule has 2 aromatic rings. The molecule has 8 nitrogen and oxygen atoms in total. The maximum Gasteiger partial charge on any atom is 0.373 e. The second-order valence-electron chi connectivity index (χ2n) is 8.50. The Morgan fingerprint density at radius 2 is 1.71 bits per heavy atom. The number of halogens is 1. The lowest BCUT2D eigenvalue weighted by atomic mass is 10.0. The van der Waals surface area contributed by atoms with E-state index in [1.807, 2.05) is 18.2 Å². The van der Waals surface area contributed by atoms with Crippen LogP contribution in [0.3, 0.4) is 0 Å². The Hall–Kier alpha value is -3.19. The van der Waals surface area contributed by atoms with Crippen LogP contribution < -0.4 is 16.0 Å². The first kappa shape index (κ1) is 28.1. The predicted molar refractivity (Wildman–Crippen MR) is 134 cm³/mol. The van der Waals surface area contributed by atoms with Gasteiger partial charge in [0.25, 0.3) is 0 Å². The highest BCUT2D eigenvalue weighted by Gasteiger charge is 2.39. The average Bonchev–Trinajstić information content (AvgIpc) is 3.62. The van der Waals surface area contributed by atoms with E-state index in [1.54, 1.807) is 6.92 Å². The Morgan fingerprint density at radius 3 is 2.29 bits per heavy atom. The number of carboxylic acids is 1. The van der Waals surface area contributed by atoms with Crippen LogP contribution in [0, 0.1) is 11.8 Å². The summed E-state index contributed by atoms with van der Waals surface area (Å²) in [4.78, 5) is 37.7. The van der Waals surface area contributed by atoms with E-state index in [4.69, 9.17) is 26.3 Å². The third-order valence-corrected chi connectivity index (χ3v) is 6.24. The molecule has 0 aromatic heterocycles. The summed E-state index contributed by atoms with van der Waals surface area (Å²) >= 11 is 6.48. The number of nitrogens with one attached hydrogen (secondary N) is 3. The first-order valence-corrected chi connectivity index (χ1v) is 12.0. The molecule has 2 aromatic carbocycles. The largest absolute Gasteiger partial charge is 0.481 e. The number of anilines is 2. The third-order valence-electron chi connectivity index (χ3n) is 5.92. The zero-order valence-electron chi connectivity index (χ0n) is 20.0. The van der Waals surface area contributed by atoms with Crippen LogP contribution in [-0.4, -0.2) is 36.2 Å². The summed E-state index contributed by atoms with van der Waals surface area (Å²) in [6.07, 6.45) is 3.50. The van der Waals surface area contributed by atoms with Crippen LogP contribution in [0.2, 0.25) is 5.02 Å². The van der Waals surface area contributed by atoms with Crippen LogP contribution in [0.5, 0.6) is 0 Å². The van der Waals surface area contributed by atoms with E-state index in [-0.39, 0.29) is 24.4 Å². The van der Waals surface area contributed by atoms with Gasteiger partial charge in [-0.15, -0.1) is 0 Å². The van der Waals surface area contributed by atoms with Crippen LogP contribution in [0.1, 0.15) is 43.4 Å². The van der Waals surface area contributed by atoms with Crippen LogP contribution in [0.25, 0.3) is 0 Å². The van der Waals surface area contributed by atoms with Crippen LogP contribution in [0.15, 0.2) is 36.4 Å². The van der Waals surface area contributed by atoms with Crippen molar-refractivity contribution in [3.05, 3.63) is 58.1 Å². The van der Waals surface area contributed by atoms with Gasteiger partial charge in [-0.25, -0.2) is 0 Å². The normalized spacial score (nSPS) is 17.6. The Morgan fingerprint density at radius 1 is 1.11 bits per heavy atom. The molecule has 2 aliphatic rings. The summed E-state index contributed by atoms with van der Waals surface area (Å²) < 4.78 is 0. The highest BCUT2D eigenvalue weighted by atomic mass is 35.5. The number of carboxylic acid groups (broad SMARTS) is 1. The van der Waals surface area contributed by atoms with Gasteiger partial charge in [0.05, 0.1) is 10.7 Å². The van der Waals surface area contributed by atoms with E-state index >= 15 is 0 Å². The number of carbonyl (C=O) groups excluding carboxylic acids is 3. The topological polar surface area (TPSA) is 125 Å². The van der Waals surface area contributed by atoms with Gasteiger partial charge in [0.2, 0.25) is 5.91 Å². The standard InChI is InChI=1S/C22H26ClN3O.C3H6O2.CO2/c1-14-12-19(14)22(27)26-17-5-2-15(3-6-17)13-25-21-18-9-11-24-10-8-16(18)4-7-20(21)23;1-2-3(4)5;2-1-3/h2-7,14,19,24-25H,8-13H2,1H3,(H,26,27);2H2,1H3,(H,4,5);/t14-,19-;;/m1../s1. The SMILES string of the molecule is CCC(=O)O.C[C@@H]1C[C@H]1C(=O)Nc1ccc(CNc2c(Cl)ccc3c2CCNCC3)cc1.O=C=O. The van der Waals surface area contributed by atoms with Crippen molar-refractivity contribution in [2.75, 3.05) is 23.7 Å². The van der Waals surface area contributed by atoms with Gasteiger partial charge in [-0.05, 0) is 73.2 Å². The molecule has 0 unspecified atom stereocenters. The van der Waals surface area contributed by atoms with E-state index in [0.717, 1.165) is 54.3 Å². The van der Waals surface area contributed by atoms with E-state index in [0.29, 0.717) is 12.5 Å². The fourth-order valence-electron chi connectivity index (χ4n) is 3.75. The molecule has 4 N–H and O–H groups in total. The molecule has 0 bridgehead atoms. The Bertz CT molecular complexity index is 1040. The number of benzene rings is 2. The smallest absolute Gasteiger partial charge is 0.373 e. The van der Waals surface area contributed by atoms with Crippen molar-refractivity contribution in [2.45, 2.75) is 46.1 Å². The van der Waals surface area contributed by atoms with Crippen molar-refractivity contribution in [3.8, 4) is 0 Å². The molecule has 4 rings (SSSR count). The quantitative estimate of drug-likeness (QED) is 0.469. The average molecular weight is 502 g/mol. The summed E-state index contributed by atoms with van der Waals surface area (Å²) in [5, 5.41) is 18.5. The highest BCUT2D eigenvalue weighted by molar-refractivity contribution is 6.33.